The number of carbonyl (C=O) groups is 2. The van der Waals surface area contributed by atoms with Gasteiger partial charge >= 0.3 is 12.1 Å². The molecule has 138 valence electrons. The minimum absolute atomic E-state index is 0.0971. The summed E-state index contributed by atoms with van der Waals surface area (Å²) in [5.74, 6) is 0.0339. The summed E-state index contributed by atoms with van der Waals surface area (Å²) in [5, 5.41) is 0. The zero-order valence-corrected chi connectivity index (χ0v) is 15.9. The molecule has 2 unspecified atom stereocenters. The Hall–Kier alpha value is -2.04. The summed E-state index contributed by atoms with van der Waals surface area (Å²) < 4.78 is 10.6. The molecular weight excluding hydrogens is 318 g/mol. The summed E-state index contributed by atoms with van der Waals surface area (Å²) in [7, 11) is 0. The maximum Gasteiger partial charge on any atom is 0.410 e. The van der Waals surface area contributed by atoms with Crippen LogP contribution in [0.15, 0.2) is 24.3 Å². The molecule has 2 rings (SSSR count). The number of benzene rings is 1. The predicted molar refractivity (Wildman–Crippen MR) is 96.8 cm³/mol. The lowest BCUT2D eigenvalue weighted by atomic mass is 9.85. The molecule has 0 spiro atoms. The third kappa shape index (κ3) is 5.21. The molecule has 0 radical (unpaired) electrons. The van der Waals surface area contributed by atoms with Crippen molar-refractivity contribution in [3.05, 3.63) is 35.4 Å². The van der Waals surface area contributed by atoms with Crippen molar-refractivity contribution in [1.82, 2.24) is 4.90 Å². The molecule has 1 fully saturated rings. The fourth-order valence-electron chi connectivity index (χ4n) is 3.20. The number of hydrogen-bond acceptors (Lipinski definition) is 4. The van der Waals surface area contributed by atoms with Gasteiger partial charge in [0.1, 0.15) is 5.60 Å². The van der Waals surface area contributed by atoms with Crippen LogP contribution in [0.1, 0.15) is 69.3 Å². The third-order valence-corrected chi connectivity index (χ3v) is 4.37. The standard InChI is InChI=1S/C20H29NO4/c1-6-24-18(22)17-9-7-8-15(13-17)16-10-11-21(14(2)12-16)19(23)25-20(3,4)5/h7-9,13-14,16H,6,10-12H2,1-5H3. The first-order valence-electron chi connectivity index (χ1n) is 8.98. The zero-order chi connectivity index (χ0) is 18.6. The summed E-state index contributed by atoms with van der Waals surface area (Å²) in [6.07, 6.45) is 1.46. The molecule has 25 heavy (non-hydrogen) atoms. The number of hydrogen-bond donors (Lipinski definition) is 0. The molecule has 1 aliphatic heterocycles. The first-order chi connectivity index (χ1) is 11.7. The van der Waals surface area contributed by atoms with Crippen LogP contribution in [0.4, 0.5) is 4.79 Å². The lowest BCUT2D eigenvalue weighted by molar-refractivity contribution is 0.0103. The van der Waals surface area contributed by atoms with E-state index < -0.39 is 5.60 Å². The van der Waals surface area contributed by atoms with E-state index in [0.717, 1.165) is 18.4 Å². The van der Waals surface area contributed by atoms with Gasteiger partial charge in [0.2, 0.25) is 0 Å². The summed E-state index contributed by atoms with van der Waals surface area (Å²) in [6.45, 7) is 10.5. The Balaban J connectivity index is 2.04. The second-order valence-electron chi connectivity index (χ2n) is 7.59. The van der Waals surface area contributed by atoms with Crippen LogP contribution in [0, 0.1) is 0 Å². The van der Waals surface area contributed by atoms with Crippen LogP contribution >= 0.6 is 0 Å². The van der Waals surface area contributed by atoms with E-state index in [4.69, 9.17) is 9.47 Å². The van der Waals surface area contributed by atoms with Gasteiger partial charge in [-0.2, -0.15) is 0 Å². The molecule has 0 bridgehead atoms. The number of likely N-dealkylation sites (tertiary alicyclic amines) is 1. The number of nitrogens with zero attached hydrogens (tertiary/aromatic N) is 1. The van der Waals surface area contributed by atoms with Crippen LogP contribution in [0.3, 0.4) is 0 Å². The zero-order valence-electron chi connectivity index (χ0n) is 15.9. The average molecular weight is 347 g/mol. The quantitative estimate of drug-likeness (QED) is 0.762. The maximum atomic E-state index is 12.3. The van der Waals surface area contributed by atoms with Crippen molar-refractivity contribution in [3.63, 3.8) is 0 Å². The van der Waals surface area contributed by atoms with Gasteiger partial charge in [-0.1, -0.05) is 12.1 Å². The highest BCUT2D eigenvalue weighted by atomic mass is 16.6. The summed E-state index contributed by atoms with van der Waals surface area (Å²) >= 11 is 0. The largest absolute Gasteiger partial charge is 0.462 e. The van der Waals surface area contributed by atoms with Crippen LogP contribution < -0.4 is 0 Å². The molecule has 1 saturated heterocycles. The maximum absolute atomic E-state index is 12.3. The molecule has 0 aliphatic carbocycles. The Kier molecular flexibility index (Phi) is 6.09. The van der Waals surface area contributed by atoms with Gasteiger partial charge < -0.3 is 14.4 Å². The Morgan fingerprint density at radius 2 is 2.00 bits per heavy atom. The Labute approximate surface area is 150 Å². The number of piperidine rings is 1. The van der Waals surface area contributed by atoms with Gasteiger partial charge in [-0.05, 0) is 71.1 Å². The van der Waals surface area contributed by atoms with Crippen LogP contribution in [-0.4, -0.2) is 41.8 Å². The van der Waals surface area contributed by atoms with Gasteiger partial charge in [0.15, 0.2) is 0 Å². The third-order valence-electron chi connectivity index (χ3n) is 4.37. The number of ether oxygens (including phenoxy) is 2. The van der Waals surface area contributed by atoms with E-state index in [2.05, 4.69) is 0 Å². The Bertz CT molecular complexity index is 620. The molecule has 1 heterocycles. The van der Waals surface area contributed by atoms with Crippen molar-refractivity contribution in [1.29, 1.82) is 0 Å². The monoisotopic (exact) mass is 347 g/mol. The SMILES string of the molecule is CCOC(=O)c1cccc(C2CCN(C(=O)OC(C)(C)C)C(C)C2)c1. The van der Waals surface area contributed by atoms with Crippen LogP contribution in [0.5, 0.6) is 0 Å². The minimum Gasteiger partial charge on any atom is -0.462 e. The van der Waals surface area contributed by atoms with Gasteiger partial charge in [-0.25, -0.2) is 9.59 Å². The van der Waals surface area contributed by atoms with Crippen molar-refractivity contribution in [2.75, 3.05) is 13.2 Å². The first-order valence-corrected chi connectivity index (χ1v) is 8.98. The highest BCUT2D eigenvalue weighted by molar-refractivity contribution is 5.89. The van der Waals surface area contributed by atoms with E-state index in [0.29, 0.717) is 24.6 Å². The van der Waals surface area contributed by atoms with Crippen molar-refractivity contribution in [3.8, 4) is 0 Å². The number of rotatable bonds is 3. The van der Waals surface area contributed by atoms with E-state index >= 15 is 0 Å². The molecule has 1 aliphatic rings. The highest BCUT2D eigenvalue weighted by Gasteiger charge is 2.32. The highest BCUT2D eigenvalue weighted by Crippen LogP contribution is 2.32. The fourth-order valence-corrected chi connectivity index (χ4v) is 3.20. The summed E-state index contributed by atoms with van der Waals surface area (Å²) in [6, 6.07) is 7.73. The lowest BCUT2D eigenvalue weighted by Gasteiger charge is -2.38. The topological polar surface area (TPSA) is 55.8 Å². The number of amides is 1. The van der Waals surface area contributed by atoms with Gasteiger partial charge in [0.05, 0.1) is 12.2 Å². The van der Waals surface area contributed by atoms with Gasteiger partial charge in [0.25, 0.3) is 0 Å². The molecule has 5 heteroatoms. The van der Waals surface area contributed by atoms with Crippen LogP contribution in [0.25, 0.3) is 0 Å². The summed E-state index contributed by atoms with van der Waals surface area (Å²) in [4.78, 5) is 26.1. The van der Waals surface area contributed by atoms with Crippen molar-refractivity contribution >= 4 is 12.1 Å². The molecule has 1 amide bonds. The first kappa shape index (κ1) is 19.3. The fraction of sp³-hybridized carbons (Fsp3) is 0.600. The van der Waals surface area contributed by atoms with Crippen molar-refractivity contribution in [2.45, 2.75) is 65.0 Å². The van der Waals surface area contributed by atoms with Gasteiger partial charge in [0, 0.05) is 12.6 Å². The second kappa shape index (κ2) is 7.89. The normalized spacial score (nSPS) is 20.9. The molecule has 0 N–H and O–H groups in total. The van der Waals surface area contributed by atoms with Gasteiger partial charge in [-0.15, -0.1) is 0 Å². The van der Waals surface area contributed by atoms with Crippen LogP contribution in [0.2, 0.25) is 0 Å². The van der Waals surface area contributed by atoms with Crippen molar-refractivity contribution < 1.29 is 19.1 Å². The molecule has 5 nitrogen and oxygen atoms in total. The predicted octanol–water partition coefficient (Wildman–Crippen LogP) is 4.37. The van der Waals surface area contributed by atoms with Crippen molar-refractivity contribution in [2.24, 2.45) is 0 Å². The van der Waals surface area contributed by atoms with Crippen LogP contribution in [-0.2, 0) is 9.47 Å². The molecule has 1 aromatic carbocycles. The van der Waals surface area contributed by atoms with Gasteiger partial charge in [-0.3, -0.25) is 0 Å². The molecule has 2 atom stereocenters. The number of carbonyl (C=O) groups excluding carboxylic acids is 2. The van der Waals surface area contributed by atoms with E-state index in [1.54, 1.807) is 17.9 Å². The molecule has 0 saturated carbocycles. The smallest absolute Gasteiger partial charge is 0.410 e. The van der Waals surface area contributed by atoms with E-state index in [1.807, 2.05) is 45.9 Å². The molecule has 1 aromatic rings. The summed E-state index contributed by atoms with van der Waals surface area (Å²) in [5.41, 5.74) is 1.23. The minimum atomic E-state index is -0.485. The van der Waals surface area contributed by atoms with E-state index in [-0.39, 0.29) is 18.1 Å². The van der Waals surface area contributed by atoms with E-state index in [1.165, 1.54) is 0 Å². The second-order valence-corrected chi connectivity index (χ2v) is 7.59. The Morgan fingerprint density at radius 3 is 2.60 bits per heavy atom. The molecule has 0 aromatic heterocycles. The number of esters is 1. The lowest BCUT2D eigenvalue weighted by Crippen LogP contribution is -2.46. The Morgan fingerprint density at radius 1 is 1.28 bits per heavy atom. The molecular formula is C20H29NO4. The average Bonchev–Trinajstić information content (AvgIpc) is 2.53. The van der Waals surface area contributed by atoms with E-state index in [9.17, 15) is 9.59 Å².